The van der Waals surface area contributed by atoms with Crippen molar-refractivity contribution in [1.29, 1.82) is 0 Å². The summed E-state index contributed by atoms with van der Waals surface area (Å²) < 4.78 is 1.17. The topological polar surface area (TPSA) is 15.3 Å². The second kappa shape index (κ2) is 5.98. The first-order chi connectivity index (χ1) is 8.18. The molecule has 1 aromatic carbocycles. The van der Waals surface area contributed by atoms with Crippen molar-refractivity contribution in [3.05, 3.63) is 34.3 Å². The molecule has 2 unspecified atom stereocenters. The minimum Gasteiger partial charge on any atom is -0.316 e. The highest BCUT2D eigenvalue weighted by atomic mass is 79.9. The van der Waals surface area contributed by atoms with Crippen LogP contribution in [0, 0.1) is 5.92 Å². The lowest BCUT2D eigenvalue weighted by atomic mass is 9.86. The number of rotatable bonds is 3. The summed E-state index contributed by atoms with van der Waals surface area (Å²) in [6.07, 6.45) is 2.62. The summed E-state index contributed by atoms with van der Waals surface area (Å²) in [6.45, 7) is 2.31. The van der Waals surface area contributed by atoms with Crippen LogP contribution in [0.3, 0.4) is 0 Å². The third kappa shape index (κ3) is 3.30. The standard InChI is InChI=1S/C14H21BrN2/c1-17(2)14(12-6-4-8-16-10-12)11-5-3-7-13(15)9-11/h3,5,7,9,12,14,16H,4,6,8,10H2,1-2H3. The van der Waals surface area contributed by atoms with E-state index in [-0.39, 0.29) is 0 Å². The van der Waals surface area contributed by atoms with Gasteiger partial charge in [0.15, 0.2) is 0 Å². The molecule has 1 aromatic rings. The Labute approximate surface area is 113 Å². The molecule has 0 bridgehead atoms. The third-order valence-corrected chi connectivity index (χ3v) is 4.02. The molecule has 2 nitrogen and oxygen atoms in total. The maximum absolute atomic E-state index is 3.57. The van der Waals surface area contributed by atoms with Crippen LogP contribution in [-0.4, -0.2) is 32.1 Å². The van der Waals surface area contributed by atoms with E-state index in [4.69, 9.17) is 0 Å². The van der Waals surface area contributed by atoms with E-state index in [2.05, 4.69) is 64.5 Å². The van der Waals surface area contributed by atoms with E-state index in [0.29, 0.717) is 12.0 Å². The van der Waals surface area contributed by atoms with Crippen LogP contribution in [0.25, 0.3) is 0 Å². The van der Waals surface area contributed by atoms with Gasteiger partial charge in [0, 0.05) is 10.5 Å². The molecule has 3 heteroatoms. The molecular formula is C14H21BrN2. The smallest absolute Gasteiger partial charge is 0.0382 e. The van der Waals surface area contributed by atoms with Gasteiger partial charge in [-0.1, -0.05) is 28.1 Å². The fourth-order valence-electron chi connectivity index (χ4n) is 2.83. The van der Waals surface area contributed by atoms with Crippen LogP contribution in [-0.2, 0) is 0 Å². The molecular weight excluding hydrogens is 276 g/mol. The molecule has 0 radical (unpaired) electrons. The number of piperidine rings is 1. The first kappa shape index (κ1) is 13.1. The molecule has 0 amide bonds. The molecule has 94 valence electrons. The number of nitrogens with zero attached hydrogens (tertiary/aromatic N) is 1. The second-order valence-corrected chi connectivity index (χ2v) is 5.99. The number of halogens is 1. The SMILES string of the molecule is CN(C)C(c1cccc(Br)c1)C1CCCNC1. The van der Waals surface area contributed by atoms with Crippen molar-refractivity contribution >= 4 is 15.9 Å². The lowest BCUT2D eigenvalue weighted by Crippen LogP contribution is -2.38. The summed E-state index contributed by atoms with van der Waals surface area (Å²) in [5.41, 5.74) is 1.41. The molecule has 2 rings (SSSR count). The molecule has 1 aliphatic rings. The molecule has 1 fully saturated rings. The first-order valence-electron chi connectivity index (χ1n) is 6.31. The van der Waals surface area contributed by atoms with Crippen molar-refractivity contribution in [2.24, 2.45) is 5.92 Å². The average Bonchev–Trinajstić information content (AvgIpc) is 2.30. The lowest BCUT2D eigenvalue weighted by molar-refractivity contribution is 0.181. The normalized spacial score (nSPS) is 22.7. The highest BCUT2D eigenvalue weighted by Crippen LogP contribution is 2.32. The molecule has 1 heterocycles. The van der Waals surface area contributed by atoms with Gasteiger partial charge in [0.1, 0.15) is 0 Å². The predicted octanol–water partition coefficient (Wildman–Crippen LogP) is 3.05. The van der Waals surface area contributed by atoms with E-state index >= 15 is 0 Å². The van der Waals surface area contributed by atoms with E-state index < -0.39 is 0 Å². The van der Waals surface area contributed by atoms with Gasteiger partial charge in [-0.15, -0.1) is 0 Å². The van der Waals surface area contributed by atoms with Gasteiger partial charge >= 0.3 is 0 Å². The molecule has 0 aromatic heterocycles. The van der Waals surface area contributed by atoms with Crippen LogP contribution in [0.2, 0.25) is 0 Å². The van der Waals surface area contributed by atoms with Gasteiger partial charge in [0.25, 0.3) is 0 Å². The molecule has 0 saturated carbocycles. The summed E-state index contributed by atoms with van der Waals surface area (Å²) >= 11 is 3.57. The Morgan fingerprint density at radius 2 is 2.24 bits per heavy atom. The summed E-state index contributed by atoms with van der Waals surface area (Å²) in [7, 11) is 4.36. The predicted molar refractivity (Wildman–Crippen MR) is 76.2 cm³/mol. The Hall–Kier alpha value is -0.380. The fraction of sp³-hybridized carbons (Fsp3) is 0.571. The second-order valence-electron chi connectivity index (χ2n) is 5.07. The van der Waals surface area contributed by atoms with Crippen molar-refractivity contribution in [1.82, 2.24) is 10.2 Å². The largest absolute Gasteiger partial charge is 0.316 e. The molecule has 2 atom stereocenters. The van der Waals surface area contributed by atoms with E-state index in [1.54, 1.807) is 0 Å². The lowest BCUT2D eigenvalue weighted by Gasteiger charge is -2.35. The Bertz CT molecular complexity index is 359. The fourth-order valence-corrected chi connectivity index (χ4v) is 3.25. The zero-order chi connectivity index (χ0) is 12.3. The van der Waals surface area contributed by atoms with E-state index in [9.17, 15) is 0 Å². The van der Waals surface area contributed by atoms with Crippen LogP contribution in [0.15, 0.2) is 28.7 Å². The Kier molecular flexibility index (Phi) is 4.60. The van der Waals surface area contributed by atoms with Crippen LogP contribution in [0.1, 0.15) is 24.4 Å². The van der Waals surface area contributed by atoms with E-state index in [0.717, 1.165) is 6.54 Å². The van der Waals surface area contributed by atoms with Crippen LogP contribution in [0.5, 0.6) is 0 Å². The van der Waals surface area contributed by atoms with Crippen molar-refractivity contribution in [2.45, 2.75) is 18.9 Å². The molecule has 1 saturated heterocycles. The van der Waals surface area contributed by atoms with E-state index in [1.165, 1.54) is 29.4 Å². The van der Waals surface area contributed by atoms with Crippen molar-refractivity contribution < 1.29 is 0 Å². The van der Waals surface area contributed by atoms with Gasteiger partial charge < -0.3 is 10.2 Å². The third-order valence-electron chi connectivity index (χ3n) is 3.53. The summed E-state index contributed by atoms with van der Waals surface area (Å²) in [4.78, 5) is 2.35. The number of benzene rings is 1. The molecule has 0 spiro atoms. The maximum Gasteiger partial charge on any atom is 0.0382 e. The highest BCUT2D eigenvalue weighted by molar-refractivity contribution is 9.10. The Morgan fingerprint density at radius 1 is 1.41 bits per heavy atom. The van der Waals surface area contributed by atoms with Crippen LogP contribution in [0.4, 0.5) is 0 Å². The Morgan fingerprint density at radius 3 is 2.82 bits per heavy atom. The van der Waals surface area contributed by atoms with Crippen LogP contribution < -0.4 is 5.32 Å². The minimum absolute atomic E-state index is 0.514. The maximum atomic E-state index is 3.57. The molecule has 1 N–H and O–H groups in total. The molecule has 0 aliphatic carbocycles. The van der Waals surface area contributed by atoms with Gasteiger partial charge in [-0.05, 0) is 63.6 Å². The molecule has 1 aliphatic heterocycles. The van der Waals surface area contributed by atoms with Crippen molar-refractivity contribution in [2.75, 3.05) is 27.2 Å². The number of nitrogens with one attached hydrogen (secondary N) is 1. The van der Waals surface area contributed by atoms with E-state index in [1.807, 2.05) is 0 Å². The number of hydrogen-bond donors (Lipinski definition) is 1. The number of hydrogen-bond acceptors (Lipinski definition) is 2. The quantitative estimate of drug-likeness (QED) is 0.922. The van der Waals surface area contributed by atoms with Crippen LogP contribution >= 0.6 is 15.9 Å². The van der Waals surface area contributed by atoms with Gasteiger partial charge in [-0.2, -0.15) is 0 Å². The minimum atomic E-state index is 0.514. The first-order valence-corrected chi connectivity index (χ1v) is 7.10. The summed E-state index contributed by atoms with van der Waals surface area (Å²) in [6, 6.07) is 9.23. The highest BCUT2D eigenvalue weighted by Gasteiger charge is 2.26. The monoisotopic (exact) mass is 296 g/mol. The zero-order valence-electron chi connectivity index (χ0n) is 10.6. The average molecular weight is 297 g/mol. The zero-order valence-corrected chi connectivity index (χ0v) is 12.2. The van der Waals surface area contributed by atoms with Gasteiger partial charge in [0.05, 0.1) is 0 Å². The Balaban J connectivity index is 2.21. The summed E-state index contributed by atoms with van der Waals surface area (Å²) in [5.74, 6) is 0.716. The summed E-state index contributed by atoms with van der Waals surface area (Å²) in [5, 5.41) is 3.52. The van der Waals surface area contributed by atoms with Gasteiger partial charge in [0.2, 0.25) is 0 Å². The van der Waals surface area contributed by atoms with Gasteiger partial charge in [-0.3, -0.25) is 0 Å². The van der Waals surface area contributed by atoms with Gasteiger partial charge in [-0.25, -0.2) is 0 Å². The molecule has 17 heavy (non-hydrogen) atoms. The van der Waals surface area contributed by atoms with Crippen molar-refractivity contribution in [3.63, 3.8) is 0 Å². The van der Waals surface area contributed by atoms with Crippen molar-refractivity contribution in [3.8, 4) is 0 Å².